The molecule has 4 nitrogen and oxygen atoms in total. The van der Waals surface area contributed by atoms with Crippen LogP contribution in [0.5, 0.6) is 0 Å². The Bertz CT molecular complexity index is 3650. The van der Waals surface area contributed by atoms with Gasteiger partial charge < -0.3 is 13.6 Å². The second-order valence-electron chi connectivity index (χ2n) is 15.1. The molecule has 0 N–H and O–H groups in total. The highest BCUT2D eigenvalue weighted by Gasteiger charge is 2.35. The molecule has 3 aromatic heterocycles. The lowest BCUT2D eigenvalue weighted by Gasteiger charge is -2.42. The van der Waals surface area contributed by atoms with E-state index in [1.54, 1.807) is 0 Å². The summed E-state index contributed by atoms with van der Waals surface area (Å²) in [6, 6.07) is 80.1. The number of benzene rings is 8. The summed E-state index contributed by atoms with van der Waals surface area (Å²) in [4.78, 5) is 4.56. The molecule has 0 fully saturated rings. The van der Waals surface area contributed by atoms with Gasteiger partial charge in [-0.2, -0.15) is 5.26 Å². The fourth-order valence-corrected chi connectivity index (χ4v) is 13.4. The molecule has 60 heavy (non-hydrogen) atoms. The molecule has 5 heteroatoms. The minimum Gasteiger partial charge on any atom is -0.456 e. The summed E-state index contributed by atoms with van der Waals surface area (Å²) < 4.78 is 11.2. The van der Waals surface area contributed by atoms with Crippen LogP contribution in [0.15, 0.2) is 224 Å². The third-order valence-corrected chi connectivity index (χ3v) is 15.7. The molecule has 1 unspecified atom stereocenters. The fraction of sp³-hybridized carbons (Fsp3) is 0. The van der Waals surface area contributed by atoms with Gasteiger partial charge in [0.15, 0.2) is 0 Å². The van der Waals surface area contributed by atoms with Crippen LogP contribution in [0.25, 0.3) is 76.9 Å². The van der Waals surface area contributed by atoms with Crippen molar-refractivity contribution in [2.45, 2.75) is 19.6 Å². The van der Waals surface area contributed by atoms with Crippen molar-refractivity contribution in [2.24, 2.45) is 0 Å². The summed E-state index contributed by atoms with van der Waals surface area (Å²) in [5.74, 6) is 0. The van der Waals surface area contributed by atoms with Gasteiger partial charge in [-0.15, -0.1) is 10.0 Å². The Labute approximate surface area is 347 Å². The van der Waals surface area contributed by atoms with Crippen molar-refractivity contribution >= 4 is 75.6 Å². The molecular weight excluding hydrogens is 751 g/mol. The van der Waals surface area contributed by atoms with Crippen LogP contribution >= 0.6 is 10.0 Å². The second kappa shape index (κ2) is 13.3. The minimum atomic E-state index is -2.26. The van der Waals surface area contributed by atoms with Gasteiger partial charge in [0.05, 0.1) is 44.5 Å². The summed E-state index contributed by atoms with van der Waals surface area (Å²) in [5, 5.41) is 17.1. The van der Waals surface area contributed by atoms with E-state index < -0.39 is 10.0 Å². The summed E-state index contributed by atoms with van der Waals surface area (Å²) in [6.07, 6.45) is 0. The van der Waals surface area contributed by atoms with Gasteiger partial charge in [-0.3, -0.25) is 0 Å². The zero-order valence-electron chi connectivity index (χ0n) is 32.2. The highest BCUT2D eigenvalue weighted by Crippen LogP contribution is 2.74. The van der Waals surface area contributed by atoms with E-state index in [0.29, 0.717) is 5.56 Å². The smallest absolute Gasteiger partial charge is 0.137 e. The van der Waals surface area contributed by atoms with Crippen molar-refractivity contribution in [1.29, 1.82) is 5.26 Å². The van der Waals surface area contributed by atoms with E-state index in [-0.39, 0.29) is 0 Å². The molecule has 0 aliphatic rings. The Hall–Kier alpha value is -7.96. The van der Waals surface area contributed by atoms with E-state index in [4.69, 9.17) is 4.42 Å². The van der Waals surface area contributed by atoms with Gasteiger partial charge in [0.2, 0.25) is 0 Å². The van der Waals surface area contributed by atoms with E-state index >= 15 is 0 Å². The first-order valence-corrected chi connectivity index (χ1v) is 21.6. The SMILES string of the molecule is N#Cc1cccc(S(c2ccccc2)(c2cccc(-n3c4ccc#cc4c4ccccc43)c2)c2cccc(-n3c4ccccc4c4ccc5oc6ccccc6c5c43)c2)c1. The van der Waals surface area contributed by atoms with Crippen molar-refractivity contribution < 1.29 is 4.42 Å². The van der Waals surface area contributed by atoms with Gasteiger partial charge in [0.25, 0.3) is 0 Å². The van der Waals surface area contributed by atoms with Crippen molar-refractivity contribution in [3.8, 4) is 17.4 Å². The van der Waals surface area contributed by atoms with Crippen LogP contribution < -0.4 is 0 Å². The Morgan fingerprint density at radius 2 is 1.08 bits per heavy atom. The van der Waals surface area contributed by atoms with Crippen LogP contribution in [0.1, 0.15) is 5.56 Å². The van der Waals surface area contributed by atoms with E-state index in [1.165, 1.54) is 15.7 Å². The maximum absolute atomic E-state index is 10.4. The summed E-state index contributed by atoms with van der Waals surface area (Å²) >= 11 is 0. The van der Waals surface area contributed by atoms with Gasteiger partial charge in [-0.25, -0.2) is 0 Å². The number of rotatable bonds is 6. The molecule has 0 saturated heterocycles. The third kappa shape index (κ3) is 4.88. The number of hydrogen-bond donors (Lipinski definition) is 0. The summed E-state index contributed by atoms with van der Waals surface area (Å²) in [5.41, 5.74) is 8.87. The number of hydrogen-bond acceptors (Lipinski definition) is 2. The monoisotopic (exact) mass is 783 g/mol. The zero-order valence-corrected chi connectivity index (χ0v) is 33.0. The average Bonchev–Trinajstić information content (AvgIpc) is 3.98. The highest BCUT2D eigenvalue weighted by molar-refractivity contribution is 8.34. The predicted molar refractivity (Wildman–Crippen MR) is 245 cm³/mol. The molecule has 0 spiro atoms. The number of furan rings is 1. The van der Waals surface area contributed by atoms with Crippen LogP contribution in [0.2, 0.25) is 0 Å². The Kier molecular flexibility index (Phi) is 7.56. The van der Waals surface area contributed by atoms with Crippen molar-refractivity contribution in [3.63, 3.8) is 0 Å². The number of fused-ring (bicyclic) bond motifs is 10. The molecular formula is C55H33N3OS. The van der Waals surface area contributed by atoms with E-state index in [9.17, 15) is 5.26 Å². The quantitative estimate of drug-likeness (QED) is 0.169. The first kappa shape index (κ1) is 34.1. The normalized spacial score (nSPS) is 13.2. The molecule has 0 amide bonds. The predicted octanol–water partition coefficient (Wildman–Crippen LogP) is 14.6. The second-order valence-corrected chi connectivity index (χ2v) is 18.2. The molecule has 12 aromatic rings. The number of nitriles is 1. The summed E-state index contributed by atoms with van der Waals surface area (Å²) in [6.45, 7) is 0. The number of nitrogens with zero attached hydrogens (tertiary/aromatic N) is 3. The zero-order chi connectivity index (χ0) is 39.8. The standard InChI is InChI=1S/C55H33N3OS/c56-36-37-15-12-20-41(33-37)60(40-18-2-1-3-19-40,42-21-13-16-38(34-42)57-49-27-8-4-23-44(49)45-24-5-9-28-50(45)57)43-22-14-17-39(35-43)58-51-29-10-6-25-46(51)47-31-32-53-54(55(47)58)48-26-7-11-30-52(48)59-53/h1-4,6-23,25-35H. The van der Waals surface area contributed by atoms with Crippen LogP contribution in [0.3, 0.4) is 0 Å². The van der Waals surface area contributed by atoms with Crippen LogP contribution in [0, 0.1) is 23.5 Å². The van der Waals surface area contributed by atoms with Gasteiger partial charge in [-0.1, -0.05) is 103 Å². The molecule has 0 aliphatic carbocycles. The first-order chi connectivity index (χ1) is 29.7. The highest BCUT2D eigenvalue weighted by atomic mass is 32.3. The third-order valence-electron chi connectivity index (χ3n) is 11.9. The number of aromatic nitrogens is 2. The van der Waals surface area contributed by atoms with Gasteiger partial charge in [0, 0.05) is 52.5 Å². The van der Waals surface area contributed by atoms with Crippen LogP contribution in [-0.4, -0.2) is 9.13 Å². The Morgan fingerprint density at radius 3 is 1.85 bits per heavy atom. The lowest BCUT2D eigenvalue weighted by molar-refractivity contribution is 0.669. The minimum absolute atomic E-state index is 0.624. The lowest BCUT2D eigenvalue weighted by Crippen LogP contribution is -2.07. The largest absolute Gasteiger partial charge is 0.456 e. The van der Waals surface area contributed by atoms with Crippen molar-refractivity contribution in [2.75, 3.05) is 0 Å². The Morgan fingerprint density at radius 1 is 0.467 bits per heavy atom. The molecule has 3 heterocycles. The van der Waals surface area contributed by atoms with Gasteiger partial charge in [0.1, 0.15) is 11.2 Å². The molecule has 0 radical (unpaired) electrons. The topological polar surface area (TPSA) is 46.8 Å². The van der Waals surface area contributed by atoms with Crippen molar-refractivity contribution in [1.82, 2.24) is 9.13 Å². The Balaban J connectivity index is 1.19. The average molecular weight is 784 g/mol. The number of para-hydroxylation sites is 3. The molecule has 0 aliphatic heterocycles. The maximum atomic E-state index is 10.4. The molecule has 0 bridgehead atoms. The molecule has 1 atom stereocenters. The van der Waals surface area contributed by atoms with E-state index in [1.807, 2.05) is 30.3 Å². The van der Waals surface area contributed by atoms with Gasteiger partial charge >= 0.3 is 0 Å². The van der Waals surface area contributed by atoms with E-state index in [0.717, 1.165) is 80.8 Å². The van der Waals surface area contributed by atoms with Crippen LogP contribution in [0.4, 0.5) is 0 Å². The van der Waals surface area contributed by atoms with Gasteiger partial charge in [-0.05, 0) is 109 Å². The maximum Gasteiger partial charge on any atom is 0.137 e. The molecule has 280 valence electrons. The fourth-order valence-electron chi connectivity index (χ4n) is 9.42. The molecule has 12 rings (SSSR count). The summed E-state index contributed by atoms with van der Waals surface area (Å²) in [7, 11) is -2.26. The molecule has 9 aromatic carbocycles. The first-order valence-electron chi connectivity index (χ1n) is 20.0. The lowest BCUT2D eigenvalue weighted by atomic mass is 10.1. The van der Waals surface area contributed by atoms with E-state index in [2.05, 4.69) is 197 Å². The van der Waals surface area contributed by atoms with Crippen molar-refractivity contribution in [3.05, 3.63) is 218 Å². The molecule has 0 saturated carbocycles. The van der Waals surface area contributed by atoms with Crippen LogP contribution in [-0.2, 0) is 0 Å².